The predicted octanol–water partition coefficient (Wildman–Crippen LogP) is 6.45. The number of hydrogen-bond acceptors (Lipinski definition) is 4. The Morgan fingerprint density at radius 1 is 0.533 bits per heavy atom. The largest absolute Gasteiger partial charge is 0.441 e. The van der Waals surface area contributed by atoms with Crippen molar-refractivity contribution in [3.05, 3.63) is 109 Å². The molecule has 0 unspecified atom stereocenters. The molecule has 2 aromatic heterocycles. The van der Waals surface area contributed by atoms with E-state index in [9.17, 15) is 0 Å². The third-order valence-electron chi connectivity index (χ3n) is 5.00. The van der Waals surface area contributed by atoms with Gasteiger partial charge in [-0.2, -0.15) is 0 Å². The molecule has 5 aromatic rings. The minimum Gasteiger partial charge on any atom is -0.441 e. The molecule has 0 N–H and O–H groups in total. The van der Waals surface area contributed by atoms with Crippen molar-refractivity contribution in [3.8, 4) is 34.1 Å². The van der Waals surface area contributed by atoms with Gasteiger partial charge < -0.3 is 8.83 Å². The molecule has 5 rings (SSSR count). The Hall–Kier alpha value is -3.92. The number of aryl methyl sites for hydroxylation is 2. The maximum atomic E-state index is 5.93. The Balaban J connectivity index is 1.24. The molecule has 4 heteroatoms. The van der Waals surface area contributed by atoms with E-state index in [0.29, 0.717) is 5.89 Å². The van der Waals surface area contributed by atoms with Gasteiger partial charge in [-0.25, -0.2) is 9.97 Å². The smallest absolute Gasteiger partial charge is 0.226 e. The van der Waals surface area contributed by atoms with Gasteiger partial charge in [-0.3, -0.25) is 0 Å². The second kappa shape index (κ2) is 8.21. The van der Waals surface area contributed by atoms with Crippen LogP contribution in [0.15, 0.2) is 106 Å². The van der Waals surface area contributed by atoms with Crippen LogP contribution in [0.5, 0.6) is 0 Å². The van der Waals surface area contributed by atoms with E-state index in [1.54, 1.807) is 12.4 Å². The molecule has 4 nitrogen and oxygen atoms in total. The summed E-state index contributed by atoms with van der Waals surface area (Å²) in [5.74, 6) is 2.95. The number of nitrogens with zero attached hydrogens (tertiary/aromatic N) is 2. The second-order valence-electron chi connectivity index (χ2n) is 7.08. The number of oxazole rings is 2. The van der Waals surface area contributed by atoms with Crippen molar-refractivity contribution in [2.24, 2.45) is 0 Å². The fourth-order valence-electron chi connectivity index (χ4n) is 3.37. The molecular formula is C26H20N2O2. The molecule has 0 saturated carbocycles. The van der Waals surface area contributed by atoms with Crippen LogP contribution < -0.4 is 0 Å². The summed E-state index contributed by atoms with van der Waals surface area (Å²) in [6.07, 6.45) is 5.17. The lowest BCUT2D eigenvalue weighted by atomic mass is 10.1. The lowest BCUT2D eigenvalue weighted by Crippen LogP contribution is -1.91. The highest BCUT2D eigenvalue weighted by Gasteiger charge is 2.09. The molecule has 2 heterocycles. The number of rotatable bonds is 6. The molecule has 0 saturated heterocycles. The normalized spacial score (nSPS) is 10.9. The highest BCUT2D eigenvalue weighted by Crippen LogP contribution is 2.26. The van der Waals surface area contributed by atoms with Crippen LogP contribution in [0.1, 0.15) is 11.5 Å². The van der Waals surface area contributed by atoms with Crippen molar-refractivity contribution in [3.63, 3.8) is 0 Å². The summed E-state index contributed by atoms with van der Waals surface area (Å²) in [5, 5.41) is 0. The first-order valence-electron chi connectivity index (χ1n) is 9.96. The summed E-state index contributed by atoms with van der Waals surface area (Å²) in [5.41, 5.74) is 4.24. The van der Waals surface area contributed by atoms with Gasteiger partial charge in [-0.15, -0.1) is 0 Å². The minimum atomic E-state index is 0.626. The van der Waals surface area contributed by atoms with Crippen molar-refractivity contribution < 1.29 is 8.83 Å². The van der Waals surface area contributed by atoms with Crippen LogP contribution in [-0.4, -0.2) is 9.97 Å². The SMILES string of the molecule is c1ccc(-c2cnc(CCc3ccc(-c4ncc(-c5ccccc5)o4)cc3)o2)cc1. The van der Waals surface area contributed by atoms with Crippen LogP contribution in [-0.2, 0) is 12.8 Å². The molecule has 0 aliphatic carbocycles. The van der Waals surface area contributed by atoms with Crippen LogP contribution in [0.4, 0.5) is 0 Å². The Bertz CT molecular complexity index is 1220. The average Bonchev–Trinajstić information content (AvgIpc) is 3.50. The third kappa shape index (κ3) is 3.94. The standard InChI is InChI=1S/C26H20N2O2/c1-3-7-20(8-4-1)23-17-27-25(29-23)16-13-19-11-14-22(15-12-19)26-28-18-24(30-26)21-9-5-2-6-10-21/h1-12,14-15,17-18H,13,16H2. The summed E-state index contributed by atoms with van der Waals surface area (Å²) in [6.45, 7) is 0. The van der Waals surface area contributed by atoms with Gasteiger partial charge in [0.2, 0.25) is 5.89 Å². The topological polar surface area (TPSA) is 52.1 Å². The zero-order valence-electron chi connectivity index (χ0n) is 16.4. The summed E-state index contributed by atoms with van der Waals surface area (Å²) in [4.78, 5) is 8.84. The molecule has 0 aliphatic heterocycles. The van der Waals surface area contributed by atoms with Gasteiger partial charge in [-0.1, -0.05) is 72.8 Å². The predicted molar refractivity (Wildman–Crippen MR) is 117 cm³/mol. The Kier molecular flexibility index (Phi) is 4.96. The maximum absolute atomic E-state index is 5.93. The van der Waals surface area contributed by atoms with Crippen molar-refractivity contribution in [1.29, 1.82) is 0 Å². The third-order valence-corrected chi connectivity index (χ3v) is 5.00. The van der Waals surface area contributed by atoms with Gasteiger partial charge in [0, 0.05) is 23.1 Å². The van der Waals surface area contributed by atoms with E-state index < -0.39 is 0 Å². The summed E-state index contributed by atoms with van der Waals surface area (Å²) in [6, 6.07) is 28.3. The van der Waals surface area contributed by atoms with Crippen LogP contribution in [0.3, 0.4) is 0 Å². The maximum Gasteiger partial charge on any atom is 0.226 e. The van der Waals surface area contributed by atoms with E-state index in [-0.39, 0.29) is 0 Å². The van der Waals surface area contributed by atoms with E-state index in [2.05, 4.69) is 22.1 Å². The second-order valence-corrected chi connectivity index (χ2v) is 7.08. The minimum absolute atomic E-state index is 0.626. The Labute approximate surface area is 174 Å². The fraction of sp³-hybridized carbons (Fsp3) is 0.0769. The van der Waals surface area contributed by atoms with Gasteiger partial charge in [-0.05, 0) is 24.1 Å². The van der Waals surface area contributed by atoms with Gasteiger partial charge in [0.25, 0.3) is 0 Å². The number of benzene rings is 3. The molecule has 0 amide bonds. The van der Waals surface area contributed by atoms with E-state index in [1.165, 1.54) is 5.56 Å². The first-order chi connectivity index (χ1) is 14.8. The van der Waals surface area contributed by atoms with Crippen LogP contribution >= 0.6 is 0 Å². The van der Waals surface area contributed by atoms with E-state index in [1.807, 2.05) is 72.8 Å². The molecule has 146 valence electrons. The van der Waals surface area contributed by atoms with Crippen molar-refractivity contribution in [1.82, 2.24) is 9.97 Å². The van der Waals surface area contributed by atoms with Gasteiger partial charge >= 0.3 is 0 Å². The highest BCUT2D eigenvalue weighted by atomic mass is 16.4. The fourth-order valence-corrected chi connectivity index (χ4v) is 3.37. The molecule has 0 aliphatic rings. The molecular weight excluding hydrogens is 372 g/mol. The molecule has 3 aromatic carbocycles. The van der Waals surface area contributed by atoms with Gasteiger partial charge in [0.05, 0.1) is 12.4 Å². The van der Waals surface area contributed by atoms with Crippen molar-refractivity contribution in [2.45, 2.75) is 12.8 Å². The molecule has 30 heavy (non-hydrogen) atoms. The van der Waals surface area contributed by atoms with Crippen molar-refractivity contribution >= 4 is 0 Å². The van der Waals surface area contributed by atoms with Crippen molar-refractivity contribution in [2.75, 3.05) is 0 Å². The zero-order chi connectivity index (χ0) is 20.2. The number of hydrogen-bond donors (Lipinski definition) is 0. The first-order valence-corrected chi connectivity index (χ1v) is 9.96. The van der Waals surface area contributed by atoms with Crippen LogP contribution in [0, 0.1) is 0 Å². The average molecular weight is 392 g/mol. The Morgan fingerprint density at radius 3 is 1.80 bits per heavy atom. The zero-order valence-corrected chi connectivity index (χ0v) is 16.4. The summed E-state index contributed by atoms with van der Waals surface area (Å²) < 4.78 is 11.8. The van der Waals surface area contributed by atoms with E-state index in [0.717, 1.165) is 46.9 Å². The van der Waals surface area contributed by atoms with E-state index in [4.69, 9.17) is 8.83 Å². The van der Waals surface area contributed by atoms with E-state index >= 15 is 0 Å². The van der Waals surface area contributed by atoms with Crippen LogP contribution in [0.25, 0.3) is 34.1 Å². The molecule has 0 bridgehead atoms. The highest BCUT2D eigenvalue weighted by molar-refractivity contribution is 5.61. The molecule has 0 fully saturated rings. The van der Waals surface area contributed by atoms with Gasteiger partial charge in [0.15, 0.2) is 17.4 Å². The Morgan fingerprint density at radius 2 is 1.13 bits per heavy atom. The number of aromatic nitrogens is 2. The van der Waals surface area contributed by atoms with Crippen LogP contribution in [0.2, 0.25) is 0 Å². The first kappa shape index (κ1) is 18.1. The molecule has 0 spiro atoms. The quantitative estimate of drug-likeness (QED) is 0.333. The summed E-state index contributed by atoms with van der Waals surface area (Å²) in [7, 11) is 0. The monoisotopic (exact) mass is 392 g/mol. The summed E-state index contributed by atoms with van der Waals surface area (Å²) >= 11 is 0. The molecule has 0 radical (unpaired) electrons. The lowest BCUT2D eigenvalue weighted by Gasteiger charge is -2.01. The lowest BCUT2D eigenvalue weighted by molar-refractivity contribution is 0.505. The molecule has 0 atom stereocenters. The van der Waals surface area contributed by atoms with Gasteiger partial charge in [0.1, 0.15) is 0 Å².